The van der Waals surface area contributed by atoms with Crippen LogP contribution in [0.25, 0.3) is 0 Å². The van der Waals surface area contributed by atoms with Crippen LogP contribution in [0.4, 0.5) is 24.5 Å². The number of sulfone groups is 1. The van der Waals surface area contributed by atoms with E-state index in [0.29, 0.717) is 11.4 Å². The second kappa shape index (κ2) is 9.41. The van der Waals surface area contributed by atoms with E-state index >= 15 is 0 Å². The van der Waals surface area contributed by atoms with Crippen LogP contribution in [-0.4, -0.2) is 38.1 Å². The van der Waals surface area contributed by atoms with Crippen molar-refractivity contribution in [2.24, 2.45) is 5.92 Å². The molecule has 32 heavy (non-hydrogen) atoms. The molecule has 2 amide bonds. The van der Waals surface area contributed by atoms with E-state index in [4.69, 9.17) is 0 Å². The third-order valence-corrected chi connectivity index (χ3v) is 7.52. The summed E-state index contributed by atoms with van der Waals surface area (Å²) in [6.45, 7) is 1.78. The molecular weight excluding hydrogens is 469 g/mol. The molecule has 0 bridgehead atoms. The first kappa shape index (κ1) is 23.9. The molecule has 1 heterocycles. The van der Waals surface area contributed by atoms with Gasteiger partial charge in [-0.3, -0.25) is 9.59 Å². The zero-order chi connectivity index (χ0) is 23.5. The van der Waals surface area contributed by atoms with Gasteiger partial charge in [0, 0.05) is 28.7 Å². The number of rotatable bonds is 6. The highest BCUT2D eigenvalue weighted by Gasteiger charge is 2.31. The van der Waals surface area contributed by atoms with Gasteiger partial charge in [-0.15, -0.1) is 24.9 Å². The van der Waals surface area contributed by atoms with Crippen LogP contribution < -0.4 is 15.4 Å². The van der Waals surface area contributed by atoms with Gasteiger partial charge in [0.05, 0.1) is 16.3 Å². The Morgan fingerprint density at radius 1 is 1.22 bits per heavy atom. The predicted octanol–water partition coefficient (Wildman–Crippen LogP) is 4.07. The van der Waals surface area contributed by atoms with Crippen molar-refractivity contribution in [3.63, 3.8) is 0 Å². The van der Waals surface area contributed by atoms with Crippen molar-refractivity contribution in [2.45, 2.75) is 29.5 Å². The van der Waals surface area contributed by atoms with E-state index in [1.807, 2.05) is 0 Å². The Morgan fingerprint density at radius 2 is 1.91 bits per heavy atom. The number of hydrogen-bond donors (Lipinski definition) is 2. The van der Waals surface area contributed by atoms with Gasteiger partial charge in [0.15, 0.2) is 9.84 Å². The van der Waals surface area contributed by atoms with Gasteiger partial charge in [0.2, 0.25) is 11.8 Å². The summed E-state index contributed by atoms with van der Waals surface area (Å²) in [5, 5.41) is 5.14. The van der Waals surface area contributed by atoms with E-state index < -0.39 is 33.6 Å². The number of benzene rings is 2. The number of hydrogen-bond acceptors (Lipinski definition) is 6. The number of ether oxygens (including phenoxy) is 1. The molecule has 0 aromatic heterocycles. The van der Waals surface area contributed by atoms with Gasteiger partial charge in [0.25, 0.3) is 0 Å². The third kappa shape index (κ3) is 6.39. The molecule has 1 aliphatic rings. The predicted molar refractivity (Wildman–Crippen MR) is 113 cm³/mol. The smallest absolute Gasteiger partial charge is 0.406 e. The quantitative estimate of drug-likeness (QED) is 0.636. The van der Waals surface area contributed by atoms with Crippen LogP contribution in [0.5, 0.6) is 5.75 Å². The van der Waals surface area contributed by atoms with E-state index in [1.54, 1.807) is 13.0 Å². The van der Waals surface area contributed by atoms with Crippen molar-refractivity contribution < 1.29 is 35.9 Å². The van der Waals surface area contributed by atoms with E-state index in [0.717, 1.165) is 17.0 Å². The molecule has 2 aromatic carbocycles. The SMILES string of the molecule is C[C@@H]1CSc2ccc(S(=O)(=O)CCC(=O)Nc3ccc(OC(F)(F)F)cc3)cc2NC1=O. The van der Waals surface area contributed by atoms with Gasteiger partial charge < -0.3 is 15.4 Å². The lowest BCUT2D eigenvalue weighted by Gasteiger charge is -2.11. The summed E-state index contributed by atoms with van der Waals surface area (Å²) in [6, 6.07) is 8.91. The summed E-state index contributed by atoms with van der Waals surface area (Å²) in [6.07, 6.45) is -5.19. The van der Waals surface area contributed by atoms with Gasteiger partial charge in [-0.25, -0.2) is 8.42 Å². The first-order chi connectivity index (χ1) is 14.9. The number of halogens is 3. The molecule has 1 atom stereocenters. The standard InChI is InChI=1S/C20H19F3N2O5S2/c1-12-11-31-17-7-6-15(10-16(17)25-19(12)27)32(28,29)9-8-18(26)24-13-2-4-14(5-3-13)30-20(21,22)23/h2-7,10,12H,8-9,11H2,1H3,(H,24,26)(H,25,27)/t12-/m1/s1. The summed E-state index contributed by atoms with van der Waals surface area (Å²) >= 11 is 1.45. The van der Waals surface area contributed by atoms with Gasteiger partial charge in [0.1, 0.15) is 5.75 Å². The average molecular weight is 489 g/mol. The number of alkyl halides is 3. The average Bonchev–Trinajstić information content (AvgIpc) is 2.85. The van der Waals surface area contributed by atoms with Crippen LogP contribution in [0.2, 0.25) is 0 Å². The molecule has 0 radical (unpaired) electrons. The van der Waals surface area contributed by atoms with Crippen LogP contribution in [-0.2, 0) is 19.4 Å². The summed E-state index contributed by atoms with van der Waals surface area (Å²) in [5.74, 6) is -1.38. The molecule has 172 valence electrons. The molecule has 2 aromatic rings. The second-order valence-electron chi connectivity index (χ2n) is 7.05. The lowest BCUT2D eigenvalue weighted by atomic mass is 10.2. The monoisotopic (exact) mass is 488 g/mol. The second-order valence-corrected chi connectivity index (χ2v) is 10.2. The Morgan fingerprint density at radius 3 is 2.56 bits per heavy atom. The van der Waals surface area contributed by atoms with Crippen molar-refractivity contribution in [3.05, 3.63) is 42.5 Å². The van der Waals surface area contributed by atoms with Crippen LogP contribution in [0.1, 0.15) is 13.3 Å². The fourth-order valence-electron chi connectivity index (χ4n) is 2.78. The van der Waals surface area contributed by atoms with E-state index in [2.05, 4.69) is 15.4 Å². The molecule has 1 aliphatic heterocycles. The molecule has 12 heteroatoms. The van der Waals surface area contributed by atoms with E-state index in [-0.39, 0.29) is 28.8 Å². The van der Waals surface area contributed by atoms with Crippen molar-refractivity contribution in [2.75, 3.05) is 22.1 Å². The highest BCUT2D eigenvalue weighted by molar-refractivity contribution is 7.99. The van der Waals surface area contributed by atoms with Crippen molar-refractivity contribution in [1.82, 2.24) is 0 Å². The molecule has 3 rings (SSSR count). The first-order valence-electron chi connectivity index (χ1n) is 9.39. The summed E-state index contributed by atoms with van der Waals surface area (Å²) in [7, 11) is -3.82. The highest BCUT2D eigenvalue weighted by atomic mass is 32.2. The fourth-order valence-corrected chi connectivity index (χ4v) is 5.05. The molecule has 0 saturated carbocycles. The number of thioether (sulfide) groups is 1. The number of nitrogens with one attached hydrogen (secondary N) is 2. The highest BCUT2D eigenvalue weighted by Crippen LogP contribution is 2.34. The maximum Gasteiger partial charge on any atom is 0.573 e. The minimum atomic E-state index is -4.82. The van der Waals surface area contributed by atoms with E-state index in [1.165, 1.54) is 36.0 Å². The van der Waals surface area contributed by atoms with Gasteiger partial charge in [-0.05, 0) is 42.5 Å². The third-order valence-electron chi connectivity index (χ3n) is 4.47. The van der Waals surface area contributed by atoms with Crippen LogP contribution in [0, 0.1) is 5.92 Å². The van der Waals surface area contributed by atoms with Crippen LogP contribution in [0.15, 0.2) is 52.3 Å². The van der Waals surface area contributed by atoms with Gasteiger partial charge >= 0.3 is 6.36 Å². The zero-order valence-electron chi connectivity index (χ0n) is 16.7. The Bertz CT molecular complexity index is 1120. The number of carbonyl (C=O) groups excluding carboxylic acids is 2. The minimum Gasteiger partial charge on any atom is -0.406 e. The molecule has 0 saturated heterocycles. The topological polar surface area (TPSA) is 102 Å². The lowest BCUT2D eigenvalue weighted by Crippen LogP contribution is -2.20. The molecule has 2 N–H and O–H groups in total. The Kier molecular flexibility index (Phi) is 7.03. The Labute approximate surface area is 186 Å². The zero-order valence-corrected chi connectivity index (χ0v) is 18.4. The van der Waals surface area contributed by atoms with Crippen LogP contribution >= 0.6 is 11.8 Å². The Hall–Kier alpha value is -2.73. The van der Waals surface area contributed by atoms with Crippen LogP contribution in [0.3, 0.4) is 0 Å². The summed E-state index contributed by atoms with van der Waals surface area (Å²) in [5.41, 5.74) is 0.608. The molecule has 0 unspecified atom stereocenters. The summed E-state index contributed by atoms with van der Waals surface area (Å²) < 4.78 is 65.6. The maximum absolute atomic E-state index is 12.7. The summed E-state index contributed by atoms with van der Waals surface area (Å²) in [4.78, 5) is 24.9. The molecular formula is C20H19F3N2O5S2. The number of carbonyl (C=O) groups is 2. The van der Waals surface area contributed by atoms with Crippen molar-refractivity contribution >= 4 is 44.8 Å². The number of anilines is 2. The van der Waals surface area contributed by atoms with E-state index in [9.17, 15) is 31.2 Å². The number of amides is 2. The molecule has 0 spiro atoms. The van der Waals surface area contributed by atoms with Gasteiger partial charge in [-0.1, -0.05) is 6.92 Å². The number of fused-ring (bicyclic) bond motifs is 1. The van der Waals surface area contributed by atoms with Crippen molar-refractivity contribution in [1.29, 1.82) is 0 Å². The van der Waals surface area contributed by atoms with Crippen molar-refractivity contribution in [3.8, 4) is 5.75 Å². The van der Waals surface area contributed by atoms with Gasteiger partial charge in [-0.2, -0.15) is 0 Å². The maximum atomic E-state index is 12.7. The molecule has 0 fully saturated rings. The Balaban J connectivity index is 1.61. The lowest BCUT2D eigenvalue weighted by molar-refractivity contribution is -0.274. The molecule has 0 aliphatic carbocycles. The fraction of sp³-hybridized carbons (Fsp3) is 0.300. The molecule has 7 nitrogen and oxygen atoms in total. The minimum absolute atomic E-state index is 0.0202. The largest absolute Gasteiger partial charge is 0.573 e. The first-order valence-corrected chi connectivity index (χ1v) is 12.0. The normalized spacial score (nSPS) is 16.5.